The number of carbonyl (C=O) groups is 1. The van der Waals surface area contributed by atoms with Gasteiger partial charge in [-0.05, 0) is 58.5 Å². The van der Waals surface area contributed by atoms with Gasteiger partial charge >= 0.3 is 0 Å². The van der Waals surface area contributed by atoms with Crippen LogP contribution in [0.1, 0.15) is 46.5 Å². The molecule has 6 nitrogen and oxygen atoms in total. The Bertz CT molecular complexity index is 1100. The standard InChI is InChI=1S/C29H35N3O3/c1-22(2)20-32-12-13-34-14-15-35-28-7-6-26(29(33)31-19-23-8-10-30-11-9-23)18-27(28)17-24-4-3-5-25(16-24)21-32/h3-11,16,18,22H,12-15,17,19-21H2,1-2H3,(H,31,33). The van der Waals surface area contributed by atoms with Crippen LogP contribution in [0.15, 0.2) is 67.0 Å². The molecule has 0 aliphatic carbocycles. The lowest BCUT2D eigenvalue weighted by Gasteiger charge is -2.25. The van der Waals surface area contributed by atoms with Crippen LogP contribution in [0.4, 0.5) is 0 Å². The summed E-state index contributed by atoms with van der Waals surface area (Å²) in [5.41, 5.74) is 5.12. The lowest BCUT2D eigenvalue weighted by atomic mass is 9.99. The summed E-state index contributed by atoms with van der Waals surface area (Å²) in [5, 5.41) is 3.00. The number of ether oxygens (including phenoxy) is 2. The van der Waals surface area contributed by atoms with Crippen molar-refractivity contribution >= 4 is 5.91 Å². The second kappa shape index (κ2) is 12.5. The molecule has 0 spiro atoms. The number of amides is 1. The Morgan fingerprint density at radius 1 is 1.03 bits per heavy atom. The van der Waals surface area contributed by atoms with Gasteiger partial charge in [-0.1, -0.05) is 38.1 Å². The summed E-state index contributed by atoms with van der Waals surface area (Å²) in [6.45, 7) is 9.48. The van der Waals surface area contributed by atoms with E-state index in [1.807, 2.05) is 30.3 Å². The van der Waals surface area contributed by atoms with Crippen LogP contribution in [0.2, 0.25) is 0 Å². The molecule has 6 heteroatoms. The molecule has 0 unspecified atom stereocenters. The number of hydrogen-bond donors (Lipinski definition) is 1. The van der Waals surface area contributed by atoms with Gasteiger partial charge in [0.25, 0.3) is 5.91 Å². The number of pyridine rings is 1. The maximum atomic E-state index is 12.9. The molecule has 0 fully saturated rings. The predicted molar refractivity (Wildman–Crippen MR) is 138 cm³/mol. The third kappa shape index (κ3) is 7.64. The summed E-state index contributed by atoms with van der Waals surface area (Å²) >= 11 is 0. The molecule has 1 amide bonds. The minimum atomic E-state index is -0.106. The molecule has 2 heterocycles. The highest BCUT2D eigenvalue weighted by atomic mass is 16.5. The number of carbonyl (C=O) groups excluding carboxylic acids is 1. The first-order valence-electron chi connectivity index (χ1n) is 12.4. The van der Waals surface area contributed by atoms with Crippen LogP contribution >= 0.6 is 0 Å². The van der Waals surface area contributed by atoms with E-state index in [1.165, 1.54) is 11.1 Å². The zero-order valence-electron chi connectivity index (χ0n) is 20.7. The molecule has 4 rings (SSSR count). The monoisotopic (exact) mass is 473 g/mol. The molecule has 1 aliphatic heterocycles. The molecule has 2 bridgehead atoms. The maximum absolute atomic E-state index is 12.9. The van der Waals surface area contributed by atoms with E-state index in [4.69, 9.17) is 9.47 Å². The zero-order chi connectivity index (χ0) is 24.5. The van der Waals surface area contributed by atoms with Crippen molar-refractivity contribution in [1.29, 1.82) is 0 Å². The van der Waals surface area contributed by atoms with Gasteiger partial charge in [0.2, 0.25) is 0 Å². The summed E-state index contributed by atoms with van der Waals surface area (Å²) in [6, 6.07) is 18.2. The number of hydrogen-bond acceptors (Lipinski definition) is 5. The van der Waals surface area contributed by atoms with Crippen molar-refractivity contribution in [3.63, 3.8) is 0 Å². The van der Waals surface area contributed by atoms with E-state index >= 15 is 0 Å². The van der Waals surface area contributed by atoms with E-state index in [0.717, 1.165) is 36.5 Å². The van der Waals surface area contributed by atoms with Crippen molar-refractivity contribution in [2.45, 2.75) is 33.4 Å². The quantitative estimate of drug-likeness (QED) is 0.592. The van der Waals surface area contributed by atoms with E-state index in [0.29, 0.717) is 44.3 Å². The molecule has 35 heavy (non-hydrogen) atoms. The highest BCUT2D eigenvalue weighted by Crippen LogP contribution is 2.25. The lowest BCUT2D eigenvalue weighted by Crippen LogP contribution is -2.31. The van der Waals surface area contributed by atoms with Crippen molar-refractivity contribution in [3.05, 3.63) is 94.8 Å². The van der Waals surface area contributed by atoms with Crippen molar-refractivity contribution < 1.29 is 14.3 Å². The number of fused-ring (bicyclic) bond motifs is 3. The second-order valence-corrected chi connectivity index (χ2v) is 9.45. The van der Waals surface area contributed by atoms with Crippen LogP contribution < -0.4 is 10.1 Å². The van der Waals surface area contributed by atoms with Crippen LogP contribution in [-0.4, -0.2) is 48.7 Å². The van der Waals surface area contributed by atoms with Crippen LogP contribution in [0.5, 0.6) is 5.75 Å². The largest absolute Gasteiger partial charge is 0.491 e. The first-order valence-corrected chi connectivity index (χ1v) is 12.4. The zero-order valence-corrected chi connectivity index (χ0v) is 20.7. The van der Waals surface area contributed by atoms with Crippen molar-refractivity contribution in [2.24, 2.45) is 5.92 Å². The molecule has 1 aliphatic rings. The highest BCUT2D eigenvalue weighted by Gasteiger charge is 2.14. The van der Waals surface area contributed by atoms with E-state index < -0.39 is 0 Å². The number of aromatic nitrogens is 1. The van der Waals surface area contributed by atoms with Gasteiger partial charge in [0, 0.05) is 50.6 Å². The minimum absolute atomic E-state index is 0.106. The summed E-state index contributed by atoms with van der Waals surface area (Å²) in [4.78, 5) is 19.3. The van der Waals surface area contributed by atoms with Gasteiger partial charge in [0.15, 0.2) is 0 Å². The summed E-state index contributed by atoms with van der Waals surface area (Å²) in [6.07, 6.45) is 4.15. The van der Waals surface area contributed by atoms with E-state index in [9.17, 15) is 4.79 Å². The molecule has 1 N–H and O–H groups in total. The van der Waals surface area contributed by atoms with E-state index in [2.05, 4.69) is 53.3 Å². The molecule has 3 aromatic rings. The number of nitrogens with zero attached hydrogens (tertiary/aromatic N) is 2. The molecule has 0 saturated heterocycles. The number of nitrogens with one attached hydrogen (secondary N) is 1. The molecular formula is C29H35N3O3. The molecule has 2 aromatic carbocycles. The minimum Gasteiger partial charge on any atom is -0.491 e. The molecule has 0 radical (unpaired) electrons. The van der Waals surface area contributed by atoms with Crippen LogP contribution in [-0.2, 0) is 24.2 Å². The number of rotatable bonds is 5. The Morgan fingerprint density at radius 2 is 1.86 bits per heavy atom. The fourth-order valence-corrected chi connectivity index (χ4v) is 4.36. The van der Waals surface area contributed by atoms with Crippen molar-refractivity contribution in [3.8, 4) is 5.75 Å². The summed E-state index contributed by atoms with van der Waals surface area (Å²) in [5.74, 6) is 1.28. The third-order valence-corrected chi connectivity index (χ3v) is 5.98. The van der Waals surface area contributed by atoms with E-state index in [1.54, 1.807) is 12.4 Å². The highest BCUT2D eigenvalue weighted by molar-refractivity contribution is 5.94. The fourth-order valence-electron chi connectivity index (χ4n) is 4.36. The third-order valence-electron chi connectivity index (χ3n) is 5.98. The molecule has 184 valence electrons. The Labute approximate surface area is 208 Å². The van der Waals surface area contributed by atoms with Gasteiger partial charge < -0.3 is 14.8 Å². The summed E-state index contributed by atoms with van der Waals surface area (Å²) < 4.78 is 11.9. The first kappa shape index (κ1) is 24.9. The Kier molecular flexibility index (Phi) is 8.87. The molecule has 0 saturated carbocycles. The van der Waals surface area contributed by atoms with E-state index in [-0.39, 0.29) is 5.91 Å². The lowest BCUT2D eigenvalue weighted by molar-refractivity contribution is 0.0746. The normalized spacial score (nSPS) is 15.1. The fraction of sp³-hybridized carbons (Fsp3) is 0.379. The second-order valence-electron chi connectivity index (χ2n) is 9.45. The SMILES string of the molecule is CC(C)CN1CCOCCOc2ccc(C(=O)NCc3ccncc3)cc2Cc2cccc(c2)C1. The smallest absolute Gasteiger partial charge is 0.251 e. The van der Waals surface area contributed by atoms with Crippen LogP contribution in [0, 0.1) is 5.92 Å². The Morgan fingerprint density at radius 3 is 2.69 bits per heavy atom. The van der Waals surface area contributed by atoms with Gasteiger partial charge in [0.05, 0.1) is 13.2 Å². The van der Waals surface area contributed by atoms with Gasteiger partial charge in [-0.2, -0.15) is 0 Å². The van der Waals surface area contributed by atoms with Crippen LogP contribution in [0.3, 0.4) is 0 Å². The topological polar surface area (TPSA) is 63.7 Å². The number of benzene rings is 2. The van der Waals surface area contributed by atoms with Gasteiger partial charge in [-0.15, -0.1) is 0 Å². The molecular weight excluding hydrogens is 438 g/mol. The van der Waals surface area contributed by atoms with Gasteiger partial charge in [-0.25, -0.2) is 0 Å². The van der Waals surface area contributed by atoms with Crippen molar-refractivity contribution in [2.75, 3.05) is 32.9 Å². The molecule has 1 aromatic heterocycles. The Balaban J connectivity index is 1.54. The summed E-state index contributed by atoms with van der Waals surface area (Å²) in [7, 11) is 0. The maximum Gasteiger partial charge on any atom is 0.251 e. The predicted octanol–water partition coefficient (Wildman–Crippen LogP) is 4.47. The van der Waals surface area contributed by atoms with Crippen molar-refractivity contribution in [1.82, 2.24) is 15.2 Å². The van der Waals surface area contributed by atoms with Gasteiger partial charge in [-0.3, -0.25) is 14.7 Å². The molecule has 0 atom stereocenters. The first-order chi connectivity index (χ1) is 17.1. The van der Waals surface area contributed by atoms with Gasteiger partial charge in [0.1, 0.15) is 12.4 Å². The van der Waals surface area contributed by atoms with Crippen LogP contribution in [0.25, 0.3) is 0 Å². The average molecular weight is 474 g/mol. The Hall–Kier alpha value is -3.22. The average Bonchev–Trinajstić information content (AvgIpc) is 2.85.